The van der Waals surface area contributed by atoms with Crippen molar-refractivity contribution in [3.63, 3.8) is 0 Å². The summed E-state index contributed by atoms with van der Waals surface area (Å²) in [5, 5.41) is 3.44. The fraction of sp³-hybridized carbons (Fsp3) is 0.467. The maximum atomic E-state index is 5.45. The molecule has 0 fully saturated rings. The predicted molar refractivity (Wildman–Crippen MR) is 80.1 cm³/mol. The molecule has 5 nitrogen and oxygen atoms in total. The Morgan fingerprint density at radius 2 is 2.20 bits per heavy atom. The fourth-order valence-corrected chi connectivity index (χ4v) is 2.18. The van der Waals surface area contributed by atoms with Gasteiger partial charge in [0.25, 0.3) is 0 Å². The number of methoxy groups -OCH3 is 1. The Labute approximate surface area is 120 Å². The zero-order valence-corrected chi connectivity index (χ0v) is 12.5. The normalized spacial score (nSPS) is 13.2. The summed E-state index contributed by atoms with van der Waals surface area (Å²) >= 11 is 0. The Morgan fingerprint density at radius 3 is 2.75 bits per heavy atom. The van der Waals surface area contributed by atoms with Gasteiger partial charge in [0.15, 0.2) is 0 Å². The summed E-state index contributed by atoms with van der Waals surface area (Å²) in [7, 11) is 1.74. The van der Waals surface area contributed by atoms with Gasteiger partial charge in [-0.2, -0.15) is 0 Å². The van der Waals surface area contributed by atoms with E-state index >= 15 is 0 Å². The molecule has 5 heteroatoms. The third kappa shape index (κ3) is 3.81. The summed E-state index contributed by atoms with van der Waals surface area (Å²) in [6, 6.07) is 4.31. The molecule has 1 atom stereocenters. The minimum absolute atomic E-state index is 0.128. The maximum Gasteiger partial charge on any atom is 0.137 e. The summed E-state index contributed by atoms with van der Waals surface area (Å²) in [5.41, 5.74) is 0.879. The van der Waals surface area contributed by atoms with Crippen LogP contribution in [-0.2, 0) is 4.74 Å². The van der Waals surface area contributed by atoms with Crippen molar-refractivity contribution in [3.8, 4) is 5.82 Å². The highest BCUT2D eigenvalue weighted by Crippen LogP contribution is 2.18. The third-order valence-electron chi connectivity index (χ3n) is 3.28. The lowest BCUT2D eigenvalue weighted by Gasteiger charge is -2.27. The highest BCUT2D eigenvalue weighted by molar-refractivity contribution is 5.44. The molecule has 0 aliphatic rings. The summed E-state index contributed by atoms with van der Waals surface area (Å²) in [6.45, 7) is 6.32. The van der Waals surface area contributed by atoms with E-state index in [1.807, 2.05) is 29.1 Å². The second-order valence-electron chi connectivity index (χ2n) is 5.59. The molecule has 0 saturated carbocycles. The number of imidazole rings is 1. The Hall–Kier alpha value is -1.88. The summed E-state index contributed by atoms with van der Waals surface area (Å²) < 4.78 is 7.32. The van der Waals surface area contributed by atoms with Crippen LogP contribution in [0.2, 0.25) is 0 Å². The Balaban J connectivity index is 1.97. The van der Waals surface area contributed by atoms with Gasteiger partial charge in [-0.25, -0.2) is 9.97 Å². The lowest BCUT2D eigenvalue weighted by atomic mass is 10.00. The van der Waals surface area contributed by atoms with Crippen molar-refractivity contribution in [1.29, 1.82) is 0 Å². The molecule has 20 heavy (non-hydrogen) atoms. The van der Waals surface area contributed by atoms with Gasteiger partial charge in [0.2, 0.25) is 0 Å². The van der Waals surface area contributed by atoms with Gasteiger partial charge in [0.05, 0.1) is 17.5 Å². The van der Waals surface area contributed by atoms with E-state index in [1.54, 1.807) is 19.6 Å². The Morgan fingerprint density at radius 1 is 1.40 bits per heavy atom. The number of rotatable bonds is 6. The molecule has 1 N–H and O–H groups in total. The molecule has 2 heterocycles. The first kappa shape index (κ1) is 14.5. The van der Waals surface area contributed by atoms with E-state index in [0.717, 1.165) is 17.9 Å². The average molecular weight is 274 g/mol. The number of nitrogens with zero attached hydrogens (tertiary/aromatic N) is 3. The van der Waals surface area contributed by atoms with Crippen LogP contribution in [0.4, 0.5) is 5.69 Å². The highest BCUT2D eigenvalue weighted by atomic mass is 16.5. The van der Waals surface area contributed by atoms with Gasteiger partial charge >= 0.3 is 0 Å². The first-order chi connectivity index (χ1) is 9.50. The molecule has 0 saturated heterocycles. The molecule has 0 radical (unpaired) electrons. The van der Waals surface area contributed by atoms with E-state index in [1.165, 1.54) is 0 Å². The molecular weight excluding hydrogens is 252 g/mol. The van der Waals surface area contributed by atoms with Crippen LogP contribution < -0.4 is 5.32 Å². The zero-order chi connectivity index (χ0) is 14.6. The van der Waals surface area contributed by atoms with Gasteiger partial charge in [-0.3, -0.25) is 4.57 Å². The summed E-state index contributed by atoms with van der Waals surface area (Å²) in [6.07, 6.45) is 8.11. The van der Waals surface area contributed by atoms with Gasteiger partial charge in [0.1, 0.15) is 12.1 Å². The Kier molecular flexibility index (Phi) is 4.39. The average Bonchev–Trinajstić information content (AvgIpc) is 2.93. The van der Waals surface area contributed by atoms with Crippen molar-refractivity contribution in [3.05, 3.63) is 37.1 Å². The lowest BCUT2D eigenvalue weighted by Crippen LogP contribution is -2.31. The molecule has 0 aliphatic heterocycles. The molecule has 108 valence electrons. The number of pyridine rings is 1. The molecule has 0 spiro atoms. The molecule has 2 rings (SSSR count). The summed E-state index contributed by atoms with van der Waals surface area (Å²) in [4.78, 5) is 8.43. The number of aromatic nitrogens is 3. The van der Waals surface area contributed by atoms with Crippen LogP contribution in [0.15, 0.2) is 37.1 Å². The monoisotopic (exact) mass is 274 g/mol. The van der Waals surface area contributed by atoms with Crippen molar-refractivity contribution in [2.45, 2.75) is 38.8 Å². The Bertz CT molecular complexity index is 519. The second kappa shape index (κ2) is 6.05. The van der Waals surface area contributed by atoms with Crippen LogP contribution in [0.25, 0.3) is 5.82 Å². The van der Waals surface area contributed by atoms with E-state index in [9.17, 15) is 0 Å². The van der Waals surface area contributed by atoms with Gasteiger partial charge in [-0.05, 0) is 39.3 Å². The number of hydrogen-bond donors (Lipinski definition) is 1. The number of anilines is 1. The molecule has 2 aromatic heterocycles. The standard InChI is InChI=1S/C15H22N4O/c1-12(9-15(2,3)20-4)18-13-5-6-14(17-10-13)19-8-7-16-11-19/h5-8,10-12,18H,9H2,1-4H3. The van der Waals surface area contributed by atoms with E-state index in [-0.39, 0.29) is 5.60 Å². The highest BCUT2D eigenvalue weighted by Gasteiger charge is 2.20. The number of ether oxygens (including phenoxy) is 1. The van der Waals surface area contributed by atoms with Crippen LogP contribution in [0.1, 0.15) is 27.2 Å². The minimum atomic E-state index is -0.128. The molecule has 0 aliphatic carbocycles. The van der Waals surface area contributed by atoms with Crippen LogP contribution in [0, 0.1) is 0 Å². The third-order valence-corrected chi connectivity index (χ3v) is 3.28. The summed E-state index contributed by atoms with van der Waals surface area (Å²) in [5.74, 6) is 0.859. The van der Waals surface area contributed by atoms with E-state index in [4.69, 9.17) is 4.74 Å². The van der Waals surface area contributed by atoms with Gasteiger partial charge in [-0.1, -0.05) is 0 Å². The van der Waals surface area contributed by atoms with E-state index in [2.05, 4.69) is 36.1 Å². The number of hydrogen-bond acceptors (Lipinski definition) is 4. The van der Waals surface area contributed by atoms with Gasteiger partial charge < -0.3 is 10.1 Å². The van der Waals surface area contributed by atoms with E-state index < -0.39 is 0 Å². The smallest absolute Gasteiger partial charge is 0.137 e. The quantitative estimate of drug-likeness (QED) is 0.880. The first-order valence-electron chi connectivity index (χ1n) is 6.76. The van der Waals surface area contributed by atoms with Crippen molar-refractivity contribution in [2.75, 3.05) is 12.4 Å². The number of nitrogens with one attached hydrogen (secondary N) is 1. The van der Waals surface area contributed by atoms with Crippen LogP contribution in [-0.4, -0.2) is 33.3 Å². The molecule has 0 bridgehead atoms. The molecular formula is C15H22N4O. The van der Waals surface area contributed by atoms with E-state index in [0.29, 0.717) is 6.04 Å². The van der Waals surface area contributed by atoms with Crippen molar-refractivity contribution < 1.29 is 4.74 Å². The second-order valence-corrected chi connectivity index (χ2v) is 5.59. The van der Waals surface area contributed by atoms with Gasteiger partial charge in [-0.15, -0.1) is 0 Å². The predicted octanol–water partition coefficient (Wildman–Crippen LogP) is 2.88. The van der Waals surface area contributed by atoms with Crippen molar-refractivity contribution >= 4 is 5.69 Å². The van der Waals surface area contributed by atoms with Crippen LogP contribution in [0.3, 0.4) is 0 Å². The SMILES string of the molecule is COC(C)(C)CC(C)Nc1ccc(-n2ccnc2)nc1. The largest absolute Gasteiger partial charge is 0.381 e. The van der Waals surface area contributed by atoms with Crippen molar-refractivity contribution in [1.82, 2.24) is 14.5 Å². The topological polar surface area (TPSA) is 52.0 Å². The molecule has 0 amide bonds. The minimum Gasteiger partial charge on any atom is -0.381 e. The molecule has 1 unspecified atom stereocenters. The lowest BCUT2D eigenvalue weighted by molar-refractivity contribution is 0.0128. The maximum absolute atomic E-state index is 5.45. The van der Waals surface area contributed by atoms with Crippen LogP contribution in [0.5, 0.6) is 0 Å². The van der Waals surface area contributed by atoms with Gasteiger partial charge in [0, 0.05) is 25.5 Å². The molecule has 2 aromatic rings. The van der Waals surface area contributed by atoms with Crippen molar-refractivity contribution in [2.24, 2.45) is 0 Å². The van der Waals surface area contributed by atoms with Crippen LogP contribution >= 0.6 is 0 Å². The molecule has 0 aromatic carbocycles. The fourth-order valence-electron chi connectivity index (χ4n) is 2.18. The zero-order valence-electron chi connectivity index (χ0n) is 12.5. The first-order valence-corrected chi connectivity index (χ1v) is 6.76.